The number of rotatable bonds is 3. The molecule has 128 valence electrons. The quantitative estimate of drug-likeness (QED) is 0.785. The van der Waals surface area contributed by atoms with Crippen molar-refractivity contribution in [2.45, 2.75) is 6.17 Å². The first kappa shape index (κ1) is 15.8. The highest BCUT2D eigenvalue weighted by Gasteiger charge is 2.27. The number of fused-ring (bicyclic) bond motifs is 1. The smallest absolute Gasteiger partial charge is 0.227 e. The summed E-state index contributed by atoms with van der Waals surface area (Å²) in [5.74, 6) is 1.32. The van der Waals surface area contributed by atoms with E-state index in [0.29, 0.717) is 16.9 Å². The van der Waals surface area contributed by atoms with Gasteiger partial charge in [0, 0.05) is 5.69 Å². The molecule has 0 saturated heterocycles. The minimum absolute atomic E-state index is 0.382. The molecule has 2 heterocycles. The van der Waals surface area contributed by atoms with Crippen LogP contribution in [0.25, 0.3) is 5.82 Å². The fourth-order valence-electron chi connectivity index (χ4n) is 3.00. The van der Waals surface area contributed by atoms with Crippen LogP contribution in [0.3, 0.4) is 0 Å². The number of benzene rings is 2. The van der Waals surface area contributed by atoms with Gasteiger partial charge in [-0.2, -0.15) is 5.26 Å². The van der Waals surface area contributed by atoms with Gasteiger partial charge in [-0.05, 0) is 48.0 Å². The van der Waals surface area contributed by atoms with Gasteiger partial charge in [-0.1, -0.05) is 12.1 Å². The number of ether oxygens (including phenoxy) is 1. The number of hydrogen-bond donors (Lipinski definition) is 1. The summed E-state index contributed by atoms with van der Waals surface area (Å²) >= 11 is 0. The average molecular weight is 344 g/mol. The van der Waals surface area contributed by atoms with Crippen molar-refractivity contribution < 1.29 is 9.15 Å². The van der Waals surface area contributed by atoms with E-state index in [9.17, 15) is 0 Å². The second-order valence-electron chi connectivity index (χ2n) is 5.83. The van der Waals surface area contributed by atoms with Crippen LogP contribution in [-0.2, 0) is 0 Å². The van der Waals surface area contributed by atoms with E-state index in [4.69, 9.17) is 25.1 Å². The Kier molecular flexibility index (Phi) is 3.82. The zero-order chi connectivity index (χ0) is 18.1. The van der Waals surface area contributed by atoms with Crippen molar-refractivity contribution in [2.75, 3.05) is 12.0 Å². The Morgan fingerprint density at radius 2 is 1.85 bits per heavy atom. The van der Waals surface area contributed by atoms with Gasteiger partial charge in [0.05, 0.1) is 30.2 Å². The van der Waals surface area contributed by atoms with Crippen LogP contribution >= 0.6 is 0 Å². The van der Waals surface area contributed by atoms with Gasteiger partial charge in [0.25, 0.3) is 0 Å². The lowest BCUT2D eigenvalue weighted by Gasteiger charge is -2.32. The molecule has 1 aliphatic rings. The van der Waals surface area contributed by atoms with Crippen molar-refractivity contribution in [3.63, 3.8) is 0 Å². The average Bonchev–Trinajstić information content (AvgIpc) is 3.17. The molecule has 0 bridgehead atoms. The molecule has 6 heteroatoms. The highest BCUT2D eigenvalue weighted by molar-refractivity contribution is 5.69. The number of nitriles is 1. The maximum absolute atomic E-state index is 9.04. The number of furan rings is 1. The van der Waals surface area contributed by atoms with Crippen molar-refractivity contribution in [1.82, 2.24) is 0 Å². The summed E-state index contributed by atoms with van der Waals surface area (Å²) in [6.07, 6.45) is 1.20. The second kappa shape index (κ2) is 6.30. The summed E-state index contributed by atoms with van der Waals surface area (Å²) < 4.78 is 10.7. The first-order valence-electron chi connectivity index (χ1n) is 8.06. The van der Waals surface area contributed by atoms with E-state index in [1.165, 1.54) is 0 Å². The lowest BCUT2D eigenvalue weighted by atomic mass is 10.1. The van der Waals surface area contributed by atoms with Crippen LogP contribution in [0, 0.1) is 11.3 Å². The molecule has 3 aromatic rings. The molecule has 1 aromatic heterocycles. The standard InChI is InChI=1S/C20H16N4O2/c1-25-16-8-4-14(5-9-16)19-23-20-17(10-11-26-20)18(22)24(19)15-6-2-13(12-21)3-7-15/h2-11,19H,22H2,1H3. The van der Waals surface area contributed by atoms with Crippen molar-refractivity contribution in [2.24, 2.45) is 10.7 Å². The van der Waals surface area contributed by atoms with Crippen LogP contribution in [0.1, 0.15) is 17.3 Å². The Hall–Kier alpha value is -3.72. The van der Waals surface area contributed by atoms with E-state index in [1.807, 2.05) is 41.3 Å². The monoisotopic (exact) mass is 344 g/mol. The molecular formula is C20H16N4O2. The number of methoxy groups -OCH3 is 1. The summed E-state index contributed by atoms with van der Waals surface area (Å²) in [4.78, 5) is 6.67. The number of anilines is 1. The normalized spacial score (nSPS) is 15.8. The topological polar surface area (TPSA) is 87.8 Å². The lowest BCUT2D eigenvalue weighted by molar-refractivity contribution is 0.414. The molecule has 1 unspecified atom stereocenters. The van der Waals surface area contributed by atoms with Crippen molar-refractivity contribution in [3.8, 4) is 11.8 Å². The first-order valence-corrected chi connectivity index (χ1v) is 8.06. The Balaban J connectivity index is 1.87. The van der Waals surface area contributed by atoms with Crippen LogP contribution in [-0.4, -0.2) is 7.11 Å². The highest BCUT2D eigenvalue weighted by Crippen LogP contribution is 2.32. The van der Waals surface area contributed by atoms with E-state index >= 15 is 0 Å². The van der Waals surface area contributed by atoms with E-state index in [-0.39, 0.29) is 6.17 Å². The molecule has 1 atom stereocenters. The summed E-state index contributed by atoms with van der Waals surface area (Å²) in [6, 6.07) is 18.8. The first-order chi connectivity index (χ1) is 12.7. The van der Waals surface area contributed by atoms with Gasteiger partial charge in [0.2, 0.25) is 5.55 Å². The summed E-state index contributed by atoms with van der Waals surface area (Å²) in [6.45, 7) is 0. The third-order valence-electron chi connectivity index (χ3n) is 4.35. The van der Waals surface area contributed by atoms with Crippen LogP contribution in [0.4, 0.5) is 5.69 Å². The molecule has 0 radical (unpaired) electrons. The third-order valence-corrected chi connectivity index (χ3v) is 4.35. The predicted octanol–water partition coefficient (Wildman–Crippen LogP) is 2.02. The summed E-state index contributed by atoms with van der Waals surface area (Å²) in [7, 11) is 1.63. The van der Waals surface area contributed by atoms with Gasteiger partial charge in [-0.25, -0.2) is 4.99 Å². The van der Waals surface area contributed by atoms with Gasteiger partial charge in [0.1, 0.15) is 11.6 Å². The van der Waals surface area contributed by atoms with E-state index in [1.54, 1.807) is 31.6 Å². The predicted molar refractivity (Wildman–Crippen MR) is 96.5 cm³/mol. The van der Waals surface area contributed by atoms with Crippen LogP contribution in [0.2, 0.25) is 0 Å². The molecule has 0 saturated carbocycles. The van der Waals surface area contributed by atoms with Crippen molar-refractivity contribution >= 4 is 11.5 Å². The van der Waals surface area contributed by atoms with Gasteiger partial charge in [-0.15, -0.1) is 0 Å². The Bertz CT molecular complexity index is 1090. The van der Waals surface area contributed by atoms with E-state index < -0.39 is 0 Å². The Labute approximate surface area is 150 Å². The third kappa shape index (κ3) is 2.56. The minimum Gasteiger partial charge on any atom is -0.497 e. The maximum Gasteiger partial charge on any atom is 0.227 e. The molecule has 2 aromatic carbocycles. The molecule has 6 nitrogen and oxygen atoms in total. The lowest BCUT2D eigenvalue weighted by Crippen LogP contribution is -2.43. The molecule has 0 amide bonds. The maximum atomic E-state index is 9.04. The SMILES string of the molecule is COc1ccc(C2N=c3occc3=C(N)N2c2ccc(C#N)cc2)cc1. The zero-order valence-corrected chi connectivity index (χ0v) is 14.1. The fraction of sp³-hybridized carbons (Fsp3) is 0.100. The number of nitrogens with two attached hydrogens (primary N) is 1. The van der Waals surface area contributed by atoms with Crippen molar-refractivity contribution in [1.29, 1.82) is 5.26 Å². The molecule has 26 heavy (non-hydrogen) atoms. The molecule has 0 spiro atoms. The minimum atomic E-state index is -0.382. The molecular weight excluding hydrogens is 328 g/mol. The highest BCUT2D eigenvalue weighted by atomic mass is 16.5. The molecule has 4 rings (SSSR count). The van der Waals surface area contributed by atoms with Crippen LogP contribution < -0.4 is 26.1 Å². The molecule has 0 aliphatic carbocycles. The Morgan fingerprint density at radius 1 is 1.12 bits per heavy atom. The largest absolute Gasteiger partial charge is 0.497 e. The Morgan fingerprint density at radius 3 is 2.50 bits per heavy atom. The van der Waals surface area contributed by atoms with Gasteiger partial charge in [-0.3, -0.25) is 0 Å². The van der Waals surface area contributed by atoms with Crippen molar-refractivity contribution in [3.05, 3.63) is 82.8 Å². The summed E-state index contributed by atoms with van der Waals surface area (Å²) in [5, 5.41) is 9.79. The van der Waals surface area contributed by atoms with E-state index in [2.05, 4.69) is 6.07 Å². The number of hydrogen-bond acceptors (Lipinski definition) is 6. The number of nitrogens with zero attached hydrogens (tertiary/aromatic N) is 3. The second-order valence-corrected chi connectivity index (χ2v) is 5.83. The van der Waals surface area contributed by atoms with Crippen LogP contribution in [0.15, 0.2) is 70.3 Å². The van der Waals surface area contributed by atoms with Crippen LogP contribution in [0.5, 0.6) is 5.75 Å². The molecule has 2 N–H and O–H groups in total. The molecule has 1 aliphatic heterocycles. The van der Waals surface area contributed by atoms with Gasteiger partial charge < -0.3 is 19.8 Å². The molecule has 0 fully saturated rings. The summed E-state index contributed by atoms with van der Waals surface area (Å²) in [5.41, 5.74) is 9.34. The van der Waals surface area contributed by atoms with E-state index in [0.717, 1.165) is 22.2 Å². The fourth-order valence-corrected chi connectivity index (χ4v) is 3.00. The van der Waals surface area contributed by atoms with Gasteiger partial charge >= 0.3 is 0 Å². The van der Waals surface area contributed by atoms with Gasteiger partial charge in [0.15, 0.2) is 6.17 Å². The zero-order valence-electron chi connectivity index (χ0n) is 14.1.